The lowest BCUT2D eigenvalue weighted by molar-refractivity contribution is 0.103. The zero-order chi connectivity index (χ0) is 14.4. The van der Waals surface area contributed by atoms with Crippen LogP contribution in [0.4, 0.5) is 0 Å². The molecule has 0 aliphatic rings. The molecule has 1 heterocycles. The Morgan fingerprint density at radius 1 is 1.20 bits per heavy atom. The lowest BCUT2D eigenvalue weighted by Gasteiger charge is -2.10. The zero-order valence-electron chi connectivity index (χ0n) is 11.6. The second-order valence-corrected chi connectivity index (χ2v) is 4.42. The minimum Gasteiger partial charge on any atom is -0.490 e. The number of aryl methyl sites for hydroxylation is 1. The van der Waals surface area contributed by atoms with Crippen LogP contribution in [0.3, 0.4) is 0 Å². The summed E-state index contributed by atoms with van der Waals surface area (Å²) in [6, 6.07) is 9.02. The molecule has 2 aromatic rings. The number of rotatable bonds is 6. The summed E-state index contributed by atoms with van der Waals surface area (Å²) >= 11 is 0. The van der Waals surface area contributed by atoms with Crippen LogP contribution < -0.4 is 4.74 Å². The summed E-state index contributed by atoms with van der Waals surface area (Å²) in [4.78, 5) is 16.6. The fourth-order valence-corrected chi connectivity index (χ4v) is 1.85. The number of methoxy groups -OCH3 is 1. The van der Waals surface area contributed by atoms with Crippen LogP contribution in [0.25, 0.3) is 0 Å². The van der Waals surface area contributed by atoms with Gasteiger partial charge in [0.2, 0.25) is 0 Å². The Balaban J connectivity index is 2.25. The zero-order valence-corrected chi connectivity index (χ0v) is 11.6. The first-order valence-electron chi connectivity index (χ1n) is 6.39. The number of para-hydroxylation sites is 1. The van der Waals surface area contributed by atoms with Crippen molar-refractivity contribution in [3.8, 4) is 5.75 Å². The molecule has 0 N–H and O–H groups in total. The second-order valence-electron chi connectivity index (χ2n) is 4.42. The third-order valence-corrected chi connectivity index (χ3v) is 2.81. The molecule has 0 aliphatic carbocycles. The van der Waals surface area contributed by atoms with Gasteiger partial charge < -0.3 is 9.47 Å². The maximum atomic E-state index is 12.5. The number of ether oxygens (including phenoxy) is 2. The number of benzene rings is 1. The summed E-state index contributed by atoms with van der Waals surface area (Å²) in [7, 11) is 1.61. The minimum atomic E-state index is -0.0887. The monoisotopic (exact) mass is 271 g/mol. The van der Waals surface area contributed by atoms with Gasteiger partial charge in [-0.05, 0) is 30.7 Å². The van der Waals surface area contributed by atoms with Gasteiger partial charge in [-0.1, -0.05) is 12.1 Å². The molecular weight excluding hydrogens is 254 g/mol. The first kappa shape index (κ1) is 14.2. The van der Waals surface area contributed by atoms with Gasteiger partial charge >= 0.3 is 0 Å². The third kappa shape index (κ3) is 3.42. The largest absolute Gasteiger partial charge is 0.490 e. The molecule has 0 bridgehead atoms. The first-order chi connectivity index (χ1) is 9.72. The third-order valence-electron chi connectivity index (χ3n) is 2.81. The van der Waals surface area contributed by atoms with E-state index in [-0.39, 0.29) is 5.78 Å². The molecule has 1 aromatic heterocycles. The van der Waals surface area contributed by atoms with E-state index in [1.165, 1.54) is 0 Å². The molecule has 0 aliphatic heterocycles. The quantitative estimate of drug-likeness (QED) is 0.598. The van der Waals surface area contributed by atoms with Crippen molar-refractivity contribution >= 4 is 5.78 Å². The van der Waals surface area contributed by atoms with Crippen molar-refractivity contribution < 1.29 is 14.3 Å². The van der Waals surface area contributed by atoms with Gasteiger partial charge in [0, 0.05) is 25.1 Å². The highest BCUT2D eigenvalue weighted by Gasteiger charge is 2.14. The molecule has 104 valence electrons. The number of ketones is 1. The number of carbonyl (C=O) groups is 1. The van der Waals surface area contributed by atoms with Crippen molar-refractivity contribution in [2.75, 3.05) is 20.3 Å². The predicted octanol–water partition coefficient (Wildman–Crippen LogP) is 2.65. The summed E-state index contributed by atoms with van der Waals surface area (Å²) in [5.41, 5.74) is 2.05. The van der Waals surface area contributed by atoms with Crippen LogP contribution in [0, 0.1) is 6.92 Å². The summed E-state index contributed by atoms with van der Waals surface area (Å²) in [5.74, 6) is 0.477. The molecule has 0 saturated heterocycles. The maximum absolute atomic E-state index is 12.5. The maximum Gasteiger partial charge on any atom is 0.198 e. The molecule has 20 heavy (non-hydrogen) atoms. The van der Waals surface area contributed by atoms with Gasteiger partial charge in [0.1, 0.15) is 12.4 Å². The van der Waals surface area contributed by atoms with Crippen LogP contribution in [-0.2, 0) is 4.74 Å². The molecule has 0 saturated carbocycles. The molecule has 0 spiro atoms. The molecular formula is C16H17NO3. The van der Waals surface area contributed by atoms with Crippen molar-refractivity contribution in [3.05, 3.63) is 59.4 Å². The van der Waals surface area contributed by atoms with Crippen molar-refractivity contribution in [3.63, 3.8) is 0 Å². The number of pyridine rings is 1. The Morgan fingerprint density at radius 2 is 2.00 bits per heavy atom. The van der Waals surface area contributed by atoms with E-state index in [2.05, 4.69) is 4.98 Å². The van der Waals surface area contributed by atoms with E-state index in [4.69, 9.17) is 9.47 Å². The van der Waals surface area contributed by atoms with E-state index in [1.54, 1.807) is 31.6 Å². The SMILES string of the molecule is COCCOc1ccccc1C(=O)c1cncc(C)c1. The van der Waals surface area contributed by atoms with Crippen LogP contribution in [0.15, 0.2) is 42.7 Å². The highest BCUT2D eigenvalue weighted by molar-refractivity contribution is 6.10. The van der Waals surface area contributed by atoms with Gasteiger partial charge in [0.05, 0.1) is 12.2 Å². The average Bonchev–Trinajstić information content (AvgIpc) is 2.47. The van der Waals surface area contributed by atoms with Crippen LogP contribution in [0.2, 0.25) is 0 Å². The van der Waals surface area contributed by atoms with E-state index in [1.807, 2.05) is 25.1 Å². The lowest BCUT2D eigenvalue weighted by Crippen LogP contribution is -2.09. The van der Waals surface area contributed by atoms with E-state index in [0.717, 1.165) is 5.56 Å². The molecule has 0 amide bonds. The van der Waals surface area contributed by atoms with Gasteiger partial charge in [0.15, 0.2) is 5.78 Å². The summed E-state index contributed by atoms with van der Waals surface area (Å²) in [5, 5.41) is 0. The average molecular weight is 271 g/mol. The van der Waals surface area contributed by atoms with Crippen molar-refractivity contribution in [1.82, 2.24) is 4.98 Å². The molecule has 2 rings (SSSR count). The van der Waals surface area contributed by atoms with E-state index >= 15 is 0 Å². The Labute approximate surface area is 118 Å². The van der Waals surface area contributed by atoms with Gasteiger partial charge in [-0.15, -0.1) is 0 Å². The number of hydrogen-bond acceptors (Lipinski definition) is 4. The summed E-state index contributed by atoms with van der Waals surface area (Å²) in [6.07, 6.45) is 3.29. The van der Waals surface area contributed by atoms with Crippen LogP contribution in [-0.4, -0.2) is 31.1 Å². The van der Waals surface area contributed by atoms with Gasteiger partial charge in [-0.3, -0.25) is 9.78 Å². The number of carbonyl (C=O) groups excluding carboxylic acids is 1. The lowest BCUT2D eigenvalue weighted by atomic mass is 10.0. The molecule has 0 atom stereocenters. The topological polar surface area (TPSA) is 48.4 Å². The molecule has 4 heteroatoms. The summed E-state index contributed by atoms with van der Waals surface area (Å²) < 4.78 is 10.5. The number of hydrogen-bond donors (Lipinski definition) is 0. The molecule has 1 aromatic carbocycles. The van der Waals surface area contributed by atoms with Crippen molar-refractivity contribution in [2.45, 2.75) is 6.92 Å². The number of nitrogens with zero attached hydrogens (tertiary/aromatic N) is 1. The Morgan fingerprint density at radius 3 is 2.75 bits per heavy atom. The van der Waals surface area contributed by atoms with Gasteiger partial charge in [0.25, 0.3) is 0 Å². The van der Waals surface area contributed by atoms with E-state index in [9.17, 15) is 4.79 Å². The predicted molar refractivity (Wildman–Crippen MR) is 76.2 cm³/mol. The fraction of sp³-hybridized carbons (Fsp3) is 0.250. The van der Waals surface area contributed by atoms with Crippen molar-refractivity contribution in [1.29, 1.82) is 0 Å². The van der Waals surface area contributed by atoms with E-state index < -0.39 is 0 Å². The van der Waals surface area contributed by atoms with Gasteiger partial charge in [-0.2, -0.15) is 0 Å². The highest BCUT2D eigenvalue weighted by Crippen LogP contribution is 2.21. The Hall–Kier alpha value is -2.20. The number of aromatic nitrogens is 1. The van der Waals surface area contributed by atoms with E-state index in [0.29, 0.717) is 30.1 Å². The fourth-order valence-electron chi connectivity index (χ4n) is 1.85. The summed E-state index contributed by atoms with van der Waals surface area (Å²) in [6.45, 7) is 2.80. The Kier molecular flexibility index (Phi) is 4.85. The van der Waals surface area contributed by atoms with Crippen LogP contribution >= 0.6 is 0 Å². The Bertz CT molecular complexity index is 596. The molecule has 0 unspecified atom stereocenters. The smallest absolute Gasteiger partial charge is 0.198 e. The second kappa shape index (κ2) is 6.82. The van der Waals surface area contributed by atoms with Crippen LogP contribution in [0.1, 0.15) is 21.5 Å². The normalized spacial score (nSPS) is 10.3. The minimum absolute atomic E-state index is 0.0887. The molecule has 0 radical (unpaired) electrons. The highest BCUT2D eigenvalue weighted by atomic mass is 16.5. The van der Waals surface area contributed by atoms with Crippen LogP contribution in [0.5, 0.6) is 5.75 Å². The first-order valence-corrected chi connectivity index (χ1v) is 6.39. The standard InChI is InChI=1S/C16H17NO3/c1-12-9-13(11-17-10-12)16(18)14-5-3-4-6-15(14)20-8-7-19-2/h3-6,9-11H,7-8H2,1-2H3. The van der Waals surface area contributed by atoms with Crippen molar-refractivity contribution in [2.24, 2.45) is 0 Å². The molecule has 0 fully saturated rings. The molecule has 4 nitrogen and oxygen atoms in total. The van der Waals surface area contributed by atoms with Gasteiger partial charge in [-0.25, -0.2) is 0 Å².